The number of hydrogen-bond donors (Lipinski definition) is 1. The molecule has 0 aliphatic carbocycles. The lowest BCUT2D eigenvalue weighted by molar-refractivity contribution is -0.150. The van der Waals surface area contributed by atoms with Gasteiger partial charge < -0.3 is 5.73 Å². The molecule has 0 amide bonds. The summed E-state index contributed by atoms with van der Waals surface area (Å²) < 4.78 is 36.7. The van der Waals surface area contributed by atoms with Crippen LogP contribution in [0.1, 0.15) is 27.2 Å². The molecule has 0 saturated heterocycles. The molecule has 2 N–H and O–H groups in total. The Morgan fingerprint density at radius 1 is 1.44 bits per heavy atom. The van der Waals surface area contributed by atoms with Crippen molar-refractivity contribution >= 4 is 0 Å². The Labute approximate surface area is 94.0 Å². The van der Waals surface area contributed by atoms with E-state index >= 15 is 0 Å². The number of nitrogens with two attached hydrogens (primary N) is 1. The summed E-state index contributed by atoms with van der Waals surface area (Å²) in [6.45, 7) is 4.14. The summed E-state index contributed by atoms with van der Waals surface area (Å²) in [6, 6.07) is 1.51. The molecule has 0 aliphatic heterocycles. The van der Waals surface area contributed by atoms with Crippen molar-refractivity contribution < 1.29 is 13.2 Å². The number of rotatable bonds is 5. The predicted molar refractivity (Wildman–Crippen MR) is 55.6 cm³/mol. The highest BCUT2D eigenvalue weighted by atomic mass is 19.4. The van der Waals surface area contributed by atoms with Gasteiger partial charge in [-0.15, -0.1) is 0 Å². The van der Waals surface area contributed by atoms with E-state index in [0.29, 0.717) is 0 Å². The van der Waals surface area contributed by atoms with Crippen LogP contribution in [-0.2, 0) is 0 Å². The van der Waals surface area contributed by atoms with Crippen LogP contribution >= 0.6 is 0 Å². The van der Waals surface area contributed by atoms with E-state index in [1.165, 1.54) is 11.8 Å². The lowest BCUT2D eigenvalue weighted by atomic mass is 9.96. The fourth-order valence-electron chi connectivity index (χ4n) is 1.60. The molecule has 0 bridgehead atoms. The maximum atomic E-state index is 12.2. The normalized spacial score (nSPS) is 17.9. The smallest absolute Gasteiger partial charge is 0.314 e. The summed E-state index contributed by atoms with van der Waals surface area (Å²) in [5, 5.41) is 8.71. The fraction of sp³-hybridized carbons (Fsp3) is 0.900. The van der Waals surface area contributed by atoms with Gasteiger partial charge in [0.05, 0.1) is 12.6 Å². The third kappa shape index (κ3) is 5.93. The first kappa shape index (κ1) is 15.2. The van der Waals surface area contributed by atoms with Gasteiger partial charge in [-0.2, -0.15) is 18.4 Å². The summed E-state index contributed by atoms with van der Waals surface area (Å²) in [5.41, 5.74) is 4.52. The molecule has 0 aromatic carbocycles. The second kappa shape index (κ2) is 5.51. The molecule has 0 heterocycles. The molecule has 0 saturated carbocycles. The Hall–Kier alpha value is -0.800. The van der Waals surface area contributed by atoms with Crippen molar-refractivity contribution in [2.45, 2.75) is 44.9 Å². The number of nitriles is 1. The molecule has 2 atom stereocenters. The summed E-state index contributed by atoms with van der Waals surface area (Å²) in [4.78, 5) is 1.27. The number of halogens is 3. The SMILES string of the molecule is CCN(CC(F)(F)F)C(C)CC(C)(N)C#N. The zero-order valence-corrected chi connectivity index (χ0v) is 9.80. The first-order valence-corrected chi connectivity index (χ1v) is 5.12. The van der Waals surface area contributed by atoms with Crippen molar-refractivity contribution in [2.24, 2.45) is 5.73 Å². The van der Waals surface area contributed by atoms with Gasteiger partial charge in [0.15, 0.2) is 0 Å². The van der Waals surface area contributed by atoms with Crippen LogP contribution in [0.3, 0.4) is 0 Å². The van der Waals surface area contributed by atoms with Gasteiger partial charge >= 0.3 is 6.18 Å². The molecular weight excluding hydrogens is 219 g/mol. The van der Waals surface area contributed by atoms with Crippen molar-refractivity contribution in [1.29, 1.82) is 5.26 Å². The average Bonchev–Trinajstić information content (AvgIpc) is 2.12. The second-order valence-corrected chi connectivity index (χ2v) is 4.26. The van der Waals surface area contributed by atoms with E-state index in [0.717, 1.165) is 0 Å². The largest absolute Gasteiger partial charge is 0.401 e. The van der Waals surface area contributed by atoms with E-state index in [9.17, 15) is 13.2 Å². The van der Waals surface area contributed by atoms with Crippen molar-refractivity contribution in [1.82, 2.24) is 4.90 Å². The van der Waals surface area contributed by atoms with Crippen LogP contribution in [0.2, 0.25) is 0 Å². The van der Waals surface area contributed by atoms with Crippen LogP contribution in [0.5, 0.6) is 0 Å². The molecule has 0 aliphatic rings. The standard InChI is InChI=1S/C10H18F3N3/c1-4-16(7-10(11,12)13)8(2)5-9(3,15)6-14/h8H,4-5,7,15H2,1-3H3. The van der Waals surface area contributed by atoms with E-state index in [1.807, 2.05) is 6.07 Å². The summed E-state index contributed by atoms with van der Waals surface area (Å²) in [6.07, 6.45) is -4.00. The minimum absolute atomic E-state index is 0.216. The monoisotopic (exact) mass is 237 g/mol. The Morgan fingerprint density at radius 2 is 1.94 bits per heavy atom. The number of hydrogen-bond acceptors (Lipinski definition) is 3. The Bertz CT molecular complexity index is 255. The maximum Gasteiger partial charge on any atom is 0.401 e. The van der Waals surface area contributed by atoms with Crippen LogP contribution in [0.25, 0.3) is 0 Å². The van der Waals surface area contributed by atoms with Gasteiger partial charge in [0.2, 0.25) is 0 Å². The molecule has 6 heteroatoms. The average molecular weight is 237 g/mol. The maximum absolute atomic E-state index is 12.2. The molecule has 0 aromatic heterocycles. The first-order valence-electron chi connectivity index (χ1n) is 5.12. The highest BCUT2D eigenvalue weighted by molar-refractivity contribution is 5.02. The van der Waals surface area contributed by atoms with Crippen molar-refractivity contribution in [3.63, 3.8) is 0 Å². The zero-order valence-electron chi connectivity index (χ0n) is 9.80. The topological polar surface area (TPSA) is 53.0 Å². The van der Waals surface area contributed by atoms with Crippen molar-refractivity contribution in [3.05, 3.63) is 0 Å². The molecular formula is C10H18F3N3. The molecule has 0 radical (unpaired) electrons. The minimum atomic E-state index is -4.22. The highest BCUT2D eigenvalue weighted by Gasteiger charge is 2.33. The molecule has 3 nitrogen and oxygen atoms in total. The second-order valence-electron chi connectivity index (χ2n) is 4.26. The van der Waals surface area contributed by atoms with Crippen molar-refractivity contribution in [2.75, 3.05) is 13.1 Å². The van der Waals surface area contributed by atoms with E-state index in [-0.39, 0.29) is 19.0 Å². The lowest BCUT2D eigenvalue weighted by Gasteiger charge is -2.31. The van der Waals surface area contributed by atoms with Gasteiger partial charge in [-0.3, -0.25) is 4.90 Å². The van der Waals surface area contributed by atoms with E-state index in [2.05, 4.69) is 0 Å². The molecule has 2 unspecified atom stereocenters. The number of nitrogens with zero attached hydrogens (tertiary/aromatic N) is 2. The lowest BCUT2D eigenvalue weighted by Crippen LogP contribution is -2.46. The van der Waals surface area contributed by atoms with E-state index in [4.69, 9.17) is 11.0 Å². The molecule has 0 aromatic rings. The molecule has 0 spiro atoms. The third-order valence-electron chi connectivity index (χ3n) is 2.39. The van der Waals surface area contributed by atoms with Gasteiger partial charge in [0, 0.05) is 6.04 Å². The quantitative estimate of drug-likeness (QED) is 0.794. The predicted octanol–water partition coefficient (Wildman–Crippen LogP) is 1.89. The van der Waals surface area contributed by atoms with Crippen LogP contribution in [0.4, 0.5) is 13.2 Å². The van der Waals surface area contributed by atoms with Crippen LogP contribution in [0, 0.1) is 11.3 Å². The van der Waals surface area contributed by atoms with E-state index in [1.54, 1.807) is 13.8 Å². The van der Waals surface area contributed by atoms with Gasteiger partial charge in [-0.05, 0) is 26.8 Å². The minimum Gasteiger partial charge on any atom is -0.314 e. The summed E-state index contributed by atoms with van der Waals surface area (Å²) >= 11 is 0. The van der Waals surface area contributed by atoms with Gasteiger partial charge in [0.1, 0.15) is 5.54 Å². The van der Waals surface area contributed by atoms with Gasteiger partial charge in [-0.1, -0.05) is 6.92 Å². The van der Waals surface area contributed by atoms with Crippen molar-refractivity contribution in [3.8, 4) is 6.07 Å². The molecule has 94 valence electrons. The van der Waals surface area contributed by atoms with Gasteiger partial charge in [-0.25, -0.2) is 0 Å². The summed E-state index contributed by atoms with van der Waals surface area (Å²) in [7, 11) is 0. The van der Waals surface area contributed by atoms with Gasteiger partial charge in [0.25, 0.3) is 0 Å². The highest BCUT2D eigenvalue weighted by Crippen LogP contribution is 2.20. The molecule has 16 heavy (non-hydrogen) atoms. The third-order valence-corrected chi connectivity index (χ3v) is 2.39. The Kier molecular flexibility index (Phi) is 5.23. The molecule has 0 fully saturated rings. The number of alkyl halides is 3. The van der Waals surface area contributed by atoms with Crippen LogP contribution in [0.15, 0.2) is 0 Å². The fourth-order valence-corrected chi connectivity index (χ4v) is 1.60. The first-order chi connectivity index (χ1) is 7.11. The van der Waals surface area contributed by atoms with Crippen LogP contribution in [-0.4, -0.2) is 35.7 Å². The molecule has 0 rings (SSSR count). The Morgan fingerprint density at radius 3 is 2.25 bits per heavy atom. The summed E-state index contributed by atoms with van der Waals surface area (Å²) in [5.74, 6) is 0. The Balaban J connectivity index is 4.45. The van der Waals surface area contributed by atoms with E-state index < -0.39 is 18.3 Å². The van der Waals surface area contributed by atoms with Crippen LogP contribution < -0.4 is 5.73 Å². The zero-order chi connectivity index (χ0) is 13.0.